The number of benzene rings is 4. The molecular weight excluding hydrogens is 616 g/mol. The lowest BCUT2D eigenvalue weighted by Crippen LogP contribution is -2.27. The fraction of sp³-hybridized carbons (Fsp3) is 0.238. The number of rotatable bonds is 0. The summed E-state index contributed by atoms with van der Waals surface area (Å²) in [6, 6.07) is 35.2. The Bertz CT molecular complexity index is 1570. The third-order valence-corrected chi connectivity index (χ3v) is 9.69. The summed E-state index contributed by atoms with van der Waals surface area (Å²) in [5, 5.41) is 0. The van der Waals surface area contributed by atoms with Gasteiger partial charge in [0.25, 0.3) is 0 Å². The maximum Gasteiger partial charge on any atom is 0.00160 e. The van der Waals surface area contributed by atoms with Crippen LogP contribution in [0, 0.1) is 0 Å². The lowest BCUT2D eigenvalue weighted by Gasteiger charge is -2.27. The first-order valence-electron chi connectivity index (χ1n) is 16.2. The Morgan fingerprint density at radius 1 is 0.375 bits per heavy atom. The van der Waals surface area contributed by atoms with Crippen LogP contribution in [0.5, 0.6) is 0 Å². The monoisotopic (exact) mass is 664 g/mol. The van der Waals surface area contributed by atoms with Gasteiger partial charge in [-0.05, 0) is 95.4 Å². The molecule has 0 unspecified atom stereocenters. The smallest absolute Gasteiger partial charge is 0.00160 e. The molecule has 0 bridgehead atoms. The van der Waals surface area contributed by atoms with Gasteiger partial charge in [0, 0.05) is 26.2 Å². The van der Waals surface area contributed by atoms with Crippen LogP contribution >= 0.6 is 12.4 Å². The molecule has 0 radical (unpaired) electrons. The Labute approximate surface area is 292 Å². The minimum Gasteiger partial charge on any atom is -0.412 e. The molecule has 0 aromatic heterocycles. The maximum atomic E-state index is 2.43. The van der Waals surface area contributed by atoms with E-state index in [2.05, 4.69) is 145 Å². The summed E-state index contributed by atoms with van der Waals surface area (Å²) in [6.45, 7) is 4.65. The molecule has 2 aliphatic carbocycles. The van der Waals surface area contributed by atoms with Gasteiger partial charge in [-0.3, -0.25) is 0 Å². The van der Waals surface area contributed by atoms with Crippen LogP contribution in [-0.2, 0) is 0 Å². The van der Waals surface area contributed by atoms with Gasteiger partial charge in [0.2, 0.25) is 0 Å². The normalized spacial score (nSPS) is 16.4. The summed E-state index contributed by atoms with van der Waals surface area (Å²) in [6.07, 6.45) is 13.7. The number of fused-ring (bicyclic) bond motifs is 4. The second-order valence-corrected chi connectivity index (χ2v) is 12.6. The van der Waals surface area contributed by atoms with Gasteiger partial charge >= 0.3 is 0 Å². The van der Waals surface area contributed by atoms with E-state index in [0.29, 0.717) is 0 Å². The van der Waals surface area contributed by atoms with E-state index in [9.17, 15) is 0 Å². The molecule has 6 heteroatoms. The number of nitrogens with zero attached hydrogens (tertiary/aromatic N) is 2. The Hall–Kier alpha value is -4.07. The molecule has 48 heavy (non-hydrogen) atoms. The standard InChI is InChI=1S/2C21H21N.ClH.3H2O/c2*1-22-14-12-18(13-15-22)21-19-8-4-2-6-16(19)10-11-17-7-3-5-9-20(17)21;;;;/h2*2-11H,12-15H2,1H3;1H;3*1H2. The van der Waals surface area contributed by atoms with Crippen LogP contribution in [0.2, 0.25) is 0 Å². The molecule has 4 aliphatic rings. The largest absolute Gasteiger partial charge is 0.412 e. The molecule has 2 aliphatic heterocycles. The number of likely N-dealkylation sites (tertiary alicyclic amines) is 2. The highest BCUT2D eigenvalue weighted by Crippen LogP contribution is 2.40. The highest BCUT2D eigenvalue weighted by molar-refractivity contribution is 5.96. The number of halogens is 1. The topological polar surface area (TPSA) is 101 Å². The molecular formula is C42H49ClN2O3. The van der Waals surface area contributed by atoms with E-state index in [-0.39, 0.29) is 28.8 Å². The molecule has 4 aromatic carbocycles. The van der Waals surface area contributed by atoms with Gasteiger partial charge in [-0.2, -0.15) is 0 Å². The van der Waals surface area contributed by atoms with E-state index in [4.69, 9.17) is 0 Å². The Kier molecular flexibility index (Phi) is 13.9. The predicted molar refractivity (Wildman–Crippen MR) is 207 cm³/mol. The van der Waals surface area contributed by atoms with Crippen molar-refractivity contribution in [1.29, 1.82) is 0 Å². The molecule has 6 N–H and O–H groups in total. The van der Waals surface area contributed by atoms with Gasteiger partial charge in [-0.25, -0.2) is 0 Å². The van der Waals surface area contributed by atoms with Crippen LogP contribution in [0.15, 0.2) is 108 Å². The van der Waals surface area contributed by atoms with Gasteiger partial charge < -0.3 is 26.2 Å². The average Bonchev–Trinajstić information content (AvgIpc) is 3.34. The van der Waals surface area contributed by atoms with Crippen LogP contribution in [0.25, 0.3) is 35.5 Å². The average molecular weight is 665 g/mol. The number of hydrogen-bond donors (Lipinski definition) is 0. The first kappa shape index (κ1) is 38.4. The highest BCUT2D eigenvalue weighted by Gasteiger charge is 2.22. The molecule has 8 rings (SSSR count). The van der Waals surface area contributed by atoms with Crippen molar-refractivity contribution in [2.24, 2.45) is 0 Å². The maximum absolute atomic E-state index is 2.43. The zero-order valence-corrected chi connectivity index (χ0v) is 28.8. The first-order chi connectivity index (χ1) is 21.7. The number of hydrogen-bond acceptors (Lipinski definition) is 2. The van der Waals surface area contributed by atoms with Crippen molar-refractivity contribution in [3.8, 4) is 0 Å². The van der Waals surface area contributed by atoms with Crippen molar-refractivity contribution in [2.45, 2.75) is 25.7 Å². The summed E-state index contributed by atoms with van der Waals surface area (Å²) >= 11 is 0. The molecule has 0 amide bonds. The van der Waals surface area contributed by atoms with E-state index in [1.165, 1.54) is 81.3 Å². The minimum atomic E-state index is 0. The molecule has 2 saturated heterocycles. The quantitative estimate of drug-likeness (QED) is 0.170. The van der Waals surface area contributed by atoms with Crippen LogP contribution in [-0.4, -0.2) is 66.5 Å². The summed E-state index contributed by atoms with van der Waals surface area (Å²) in [7, 11) is 4.44. The zero-order chi connectivity index (χ0) is 29.9. The third-order valence-electron chi connectivity index (χ3n) is 9.69. The highest BCUT2D eigenvalue weighted by atomic mass is 35.5. The zero-order valence-electron chi connectivity index (χ0n) is 28.0. The fourth-order valence-electron chi connectivity index (χ4n) is 7.17. The van der Waals surface area contributed by atoms with Crippen LogP contribution < -0.4 is 0 Å². The summed E-state index contributed by atoms with van der Waals surface area (Å²) in [5.74, 6) is 0. The molecule has 0 spiro atoms. The second-order valence-electron chi connectivity index (χ2n) is 12.6. The van der Waals surface area contributed by atoms with E-state index in [0.717, 1.165) is 26.2 Å². The van der Waals surface area contributed by atoms with Crippen molar-refractivity contribution in [3.63, 3.8) is 0 Å². The van der Waals surface area contributed by atoms with Gasteiger partial charge in [0.1, 0.15) is 0 Å². The van der Waals surface area contributed by atoms with Gasteiger partial charge in [0.15, 0.2) is 0 Å². The SMILES string of the molecule is CN1CCC(=C2c3ccccc3C=Cc3ccccc32)CC1.CN1CCC(=C2c3ccccc3C=Cc3ccccc32)CC1.Cl.O.O.O. The molecule has 252 valence electrons. The molecule has 2 fully saturated rings. The van der Waals surface area contributed by atoms with Crippen molar-refractivity contribution in [1.82, 2.24) is 9.80 Å². The van der Waals surface area contributed by atoms with Crippen LogP contribution in [0.1, 0.15) is 70.2 Å². The summed E-state index contributed by atoms with van der Waals surface area (Å²) < 4.78 is 0. The van der Waals surface area contributed by atoms with Crippen LogP contribution in [0.3, 0.4) is 0 Å². The van der Waals surface area contributed by atoms with Gasteiger partial charge in [-0.15, -0.1) is 12.4 Å². The molecule has 0 atom stereocenters. The molecule has 5 nitrogen and oxygen atoms in total. The molecule has 0 saturated carbocycles. The Balaban J connectivity index is 0.000000240. The minimum absolute atomic E-state index is 0. The third kappa shape index (κ3) is 7.96. The lowest BCUT2D eigenvalue weighted by molar-refractivity contribution is 0.313. The first-order valence-corrected chi connectivity index (χ1v) is 16.2. The van der Waals surface area contributed by atoms with Gasteiger partial charge in [-0.1, -0.05) is 133 Å². The van der Waals surface area contributed by atoms with Crippen molar-refractivity contribution < 1.29 is 16.4 Å². The van der Waals surface area contributed by atoms with Crippen LogP contribution in [0.4, 0.5) is 0 Å². The van der Waals surface area contributed by atoms with Gasteiger partial charge in [0.05, 0.1) is 0 Å². The lowest BCUT2D eigenvalue weighted by atomic mass is 9.86. The number of piperidine rings is 2. The second kappa shape index (κ2) is 17.4. The van der Waals surface area contributed by atoms with Crippen molar-refractivity contribution in [2.75, 3.05) is 40.3 Å². The Morgan fingerprint density at radius 3 is 0.854 bits per heavy atom. The predicted octanol–water partition coefficient (Wildman–Crippen LogP) is 7.34. The van der Waals surface area contributed by atoms with E-state index in [1.807, 2.05) is 0 Å². The fourth-order valence-corrected chi connectivity index (χ4v) is 7.17. The Morgan fingerprint density at radius 2 is 0.604 bits per heavy atom. The van der Waals surface area contributed by atoms with E-state index in [1.54, 1.807) is 11.1 Å². The van der Waals surface area contributed by atoms with Crippen molar-refractivity contribution >= 4 is 47.9 Å². The van der Waals surface area contributed by atoms with Crippen molar-refractivity contribution in [3.05, 3.63) is 153 Å². The van der Waals surface area contributed by atoms with E-state index < -0.39 is 0 Å². The molecule has 2 heterocycles. The summed E-state index contributed by atoms with van der Waals surface area (Å²) in [4.78, 5) is 4.85. The summed E-state index contributed by atoms with van der Waals surface area (Å²) in [5.41, 5.74) is 17.1. The molecule has 4 aromatic rings. The van der Waals surface area contributed by atoms with E-state index >= 15 is 0 Å².